The first-order chi connectivity index (χ1) is 10.2. The molecule has 1 fully saturated rings. The van der Waals surface area contributed by atoms with Crippen LogP contribution in [0, 0.1) is 11.7 Å². The zero-order valence-electron chi connectivity index (χ0n) is 13.3. The predicted molar refractivity (Wildman–Crippen MR) is 85.1 cm³/mol. The van der Waals surface area contributed by atoms with Crippen LogP contribution in [-0.4, -0.2) is 25.8 Å². The second-order valence-electron chi connectivity index (χ2n) is 6.48. The molecular weight excluding hydrogens is 265 g/mol. The fraction of sp³-hybridized carbons (Fsp3) is 0.667. The molecule has 1 aromatic carbocycles. The molecule has 2 nitrogen and oxygen atoms in total. The van der Waals surface area contributed by atoms with Gasteiger partial charge in [0, 0.05) is 31.7 Å². The monoisotopic (exact) mass is 293 g/mol. The lowest BCUT2D eigenvalue weighted by atomic mass is 9.95. The summed E-state index contributed by atoms with van der Waals surface area (Å²) in [7, 11) is 0. The molecular formula is C18H28FNO. The van der Waals surface area contributed by atoms with E-state index >= 15 is 0 Å². The third kappa shape index (κ3) is 6.15. The Morgan fingerprint density at radius 2 is 1.90 bits per heavy atom. The summed E-state index contributed by atoms with van der Waals surface area (Å²) in [6, 6.07) is 7.79. The average Bonchev–Trinajstić information content (AvgIpc) is 3.26. The van der Waals surface area contributed by atoms with Crippen LogP contribution >= 0.6 is 0 Å². The van der Waals surface area contributed by atoms with E-state index in [1.807, 2.05) is 12.1 Å². The van der Waals surface area contributed by atoms with Gasteiger partial charge in [-0.05, 0) is 43.2 Å². The van der Waals surface area contributed by atoms with E-state index in [2.05, 4.69) is 19.2 Å². The van der Waals surface area contributed by atoms with Gasteiger partial charge in [0.25, 0.3) is 0 Å². The summed E-state index contributed by atoms with van der Waals surface area (Å²) in [6.45, 7) is 6.76. The highest BCUT2D eigenvalue weighted by molar-refractivity contribution is 5.22. The van der Waals surface area contributed by atoms with Gasteiger partial charge in [-0.25, -0.2) is 4.39 Å². The summed E-state index contributed by atoms with van der Waals surface area (Å²) in [6.07, 6.45) is 4.48. The minimum Gasteiger partial charge on any atom is -0.381 e. The topological polar surface area (TPSA) is 21.3 Å². The fourth-order valence-electron chi connectivity index (χ4n) is 2.42. The fourth-order valence-corrected chi connectivity index (χ4v) is 2.42. The Labute approximate surface area is 128 Å². The van der Waals surface area contributed by atoms with Gasteiger partial charge < -0.3 is 10.1 Å². The summed E-state index contributed by atoms with van der Waals surface area (Å²) >= 11 is 0. The first-order valence-corrected chi connectivity index (χ1v) is 8.22. The lowest BCUT2D eigenvalue weighted by Gasteiger charge is -2.19. The largest absolute Gasteiger partial charge is 0.381 e. The lowest BCUT2D eigenvalue weighted by molar-refractivity contribution is 0.116. The molecule has 1 aromatic rings. The van der Waals surface area contributed by atoms with E-state index in [-0.39, 0.29) is 11.7 Å². The van der Waals surface area contributed by atoms with Gasteiger partial charge in [0.15, 0.2) is 0 Å². The van der Waals surface area contributed by atoms with Crippen LogP contribution in [-0.2, 0) is 4.74 Å². The number of halogens is 1. The van der Waals surface area contributed by atoms with E-state index in [4.69, 9.17) is 4.74 Å². The normalized spacial score (nSPS) is 16.4. The molecule has 1 N–H and O–H groups in total. The van der Waals surface area contributed by atoms with Crippen molar-refractivity contribution in [2.24, 2.45) is 5.92 Å². The molecule has 0 saturated heterocycles. The molecule has 0 radical (unpaired) electrons. The Balaban J connectivity index is 1.81. The van der Waals surface area contributed by atoms with E-state index in [9.17, 15) is 4.39 Å². The molecule has 0 heterocycles. The Kier molecular flexibility index (Phi) is 6.65. The van der Waals surface area contributed by atoms with Crippen molar-refractivity contribution >= 4 is 0 Å². The number of ether oxygens (including phenoxy) is 1. The quantitative estimate of drug-likeness (QED) is 0.655. The number of hydrogen-bond donors (Lipinski definition) is 1. The predicted octanol–water partition coefficient (Wildman–Crippen LogP) is 4.11. The number of benzene rings is 1. The van der Waals surface area contributed by atoms with Gasteiger partial charge in [0.05, 0.1) is 0 Å². The maximum absolute atomic E-state index is 14.0. The van der Waals surface area contributed by atoms with Gasteiger partial charge in [-0.3, -0.25) is 0 Å². The molecule has 21 heavy (non-hydrogen) atoms. The zero-order chi connectivity index (χ0) is 15.1. The molecule has 1 atom stereocenters. The van der Waals surface area contributed by atoms with Crippen molar-refractivity contribution < 1.29 is 9.13 Å². The van der Waals surface area contributed by atoms with E-state index in [1.54, 1.807) is 12.1 Å². The third-order valence-corrected chi connectivity index (χ3v) is 4.03. The van der Waals surface area contributed by atoms with E-state index in [0.717, 1.165) is 31.6 Å². The molecule has 1 saturated carbocycles. The minimum absolute atomic E-state index is 0.0951. The molecule has 2 rings (SSSR count). The Hall–Kier alpha value is -0.930. The number of rotatable bonds is 10. The summed E-state index contributed by atoms with van der Waals surface area (Å²) in [5.41, 5.74) is 0.818. The van der Waals surface area contributed by atoms with Gasteiger partial charge in [-0.1, -0.05) is 32.0 Å². The number of hydrogen-bond acceptors (Lipinski definition) is 2. The van der Waals surface area contributed by atoms with Crippen LogP contribution in [0.3, 0.4) is 0 Å². The van der Waals surface area contributed by atoms with Crippen LogP contribution in [0.4, 0.5) is 4.39 Å². The molecule has 0 spiro atoms. The first-order valence-electron chi connectivity index (χ1n) is 8.22. The smallest absolute Gasteiger partial charge is 0.126 e. The van der Waals surface area contributed by atoms with Crippen molar-refractivity contribution in [3.8, 4) is 0 Å². The minimum atomic E-state index is -0.0951. The summed E-state index contributed by atoms with van der Waals surface area (Å²) in [5, 5.41) is 3.52. The van der Waals surface area contributed by atoms with E-state index < -0.39 is 0 Å². The maximum atomic E-state index is 14.0. The molecule has 118 valence electrons. The van der Waals surface area contributed by atoms with Crippen LogP contribution in [0.25, 0.3) is 0 Å². The summed E-state index contributed by atoms with van der Waals surface area (Å²) in [5.74, 6) is 0.775. The Morgan fingerprint density at radius 1 is 1.19 bits per heavy atom. The Morgan fingerprint density at radius 3 is 2.57 bits per heavy atom. The molecule has 0 bridgehead atoms. The van der Waals surface area contributed by atoms with Crippen LogP contribution in [0.5, 0.6) is 0 Å². The number of nitrogens with one attached hydrogen (secondary N) is 1. The van der Waals surface area contributed by atoms with Gasteiger partial charge in [0.1, 0.15) is 5.82 Å². The maximum Gasteiger partial charge on any atom is 0.126 e. The van der Waals surface area contributed by atoms with Gasteiger partial charge >= 0.3 is 0 Å². The Bertz CT molecular complexity index is 417. The van der Waals surface area contributed by atoms with E-state index in [1.165, 1.54) is 12.8 Å². The molecule has 0 amide bonds. The standard InChI is InChI=1S/C18H28FNO/c1-14(2)9-11-21-12-10-15(13-20-16-7-8-16)17-5-3-4-6-18(17)19/h3-6,14-16,20H,7-13H2,1-2H3. The molecule has 3 heteroatoms. The van der Waals surface area contributed by atoms with Crippen LogP contribution < -0.4 is 5.32 Å². The summed E-state index contributed by atoms with van der Waals surface area (Å²) in [4.78, 5) is 0. The molecule has 0 aliphatic heterocycles. The van der Waals surface area contributed by atoms with Crippen molar-refractivity contribution in [1.29, 1.82) is 0 Å². The SMILES string of the molecule is CC(C)CCOCCC(CNC1CC1)c1ccccc1F. The van der Waals surface area contributed by atoms with Crippen LogP contribution in [0.2, 0.25) is 0 Å². The van der Waals surface area contributed by atoms with E-state index in [0.29, 0.717) is 18.6 Å². The van der Waals surface area contributed by atoms with Crippen molar-refractivity contribution in [2.75, 3.05) is 19.8 Å². The van der Waals surface area contributed by atoms with Gasteiger partial charge in [-0.2, -0.15) is 0 Å². The average molecular weight is 293 g/mol. The molecule has 0 aromatic heterocycles. The third-order valence-electron chi connectivity index (χ3n) is 4.03. The van der Waals surface area contributed by atoms with Crippen molar-refractivity contribution in [2.45, 2.75) is 51.5 Å². The van der Waals surface area contributed by atoms with Crippen molar-refractivity contribution in [1.82, 2.24) is 5.32 Å². The van der Waals surface area contributed by atoms with Gasteiger partial charge in [-0.15, -0.1) is 0 Å². The van der Waals surface area contributed by atoms with Crippen molar-refractivity contribution in [3.63, 3.8) is 0 Å². The highest BCUT2D eigenvalue weighted by atomic mass is 19.1. The second-order valence-corrected chi connectivity index (χ2v) is 6.48. The van der Waals surface area contributed by atoms with Crippen LogP contribution in [0.1, 0.15) is 51.0 Å². The van der Waals surface area contributed by atoms with Crippen molar-refractivity contribution in [3.05, 3.63) is 35.6 Å². The zero-order valence-corrected chi connectivity index (χ0v) is 13.3. The summed E-state index contributed by atoms with van der Waals surface area (Å²) < 4.78 is 19.7. The molecule has 1 unspecified atom stereocenters. The first kappa shape index (κ1) is 16.4. The highest BCUT2D eigenvalue weighted by Crippen LogP contribution is 2.25. The molecule has 1 aliphatic carbocycles. The lowest BCUT2D eigenvalue weighted by Crippen LogP contribution is -2.25. The molecule has 1 aliphatic rings. The van der Waals surface area contributed by atoms with Gasteiger partial charge in [0.2, 0.25) is 0 Å². The second kappa shape index (κ2) is 8.50. The highest BCUT2D eigenvalue weighted by Gasteiger charge is 2.23. The van der Waals surface area contributed by atoms with Crippen LogP contribution in [0.15, 0.2) is 24.3 Å².